The number of hydrogen-bond acceptors (Lipinski definition) is 4. The molecular weight excluding hydrogens is 316 g/mol. The SMILES string of the molecule is CCc1ccccc1OCCN1CC[C@@]2(CCCN(CCO)C2=O)C1. The number of para-hydroxylation sites is 1. The lowest BCUT2D eigenvalue weighted by Gasteiger charge is -2.39. The van der Waals surface area contributed by atoms with Gasteiger partial charge in [-0.25, -0.2) is 0 Å². The Bertz CT molecular complexity index is 590. The summed E-state index contributed by atoms with van der Waals surface area (Å²) in [6.07, 6.45) is 3.92. The van der Waals surface area contributed by atoms with Crippen LogP contribution in [0.15, 0.2) is 24.3 Å². The van der Waals surface area contributed by atoms with Crippen LogP contribution in [0.2, 0.25) is 0 Å². The first-order chi connectivity index (χ1) is 12.2. The second-order valence-corrected chi connectivity index (χ2v) is 7.24. The van der Waals surface area contributed by atoms with E-state index >= 15 is 0 Å². The fraction of sp³-hybridized carbons (Fsp3) is 0.650. The van der Waals surface area contributed by atoms with Gasteiger partial charge in [-0.3, -0.25) is 9.69 Å². The minimum absolute atomic E-state index is 0.0518. The number of rotatable bonds is 7. The number of carbonyl (C=O) groups is 1. The lowest BCUT2D eigenvalue weighted by Crippen LogP contribution is -2.50. The van der Waals surface area contributed by atoms with E-state index < -0.39 is 0 Å². The Labute approximate surface area is 150 Å². The summed E-state index contributed by atoms with van der Waals surface area (Å²) < 4.78 is 5.98. The molecule has 2 aliphatic heterocycles. The second kappa shape index (κ2) is 8.19. The maximum Gasteiger partial charge on any atom is 0.230 e. The number of likely N-dealkylation sites (tertiary alicyclic amines) is 2. The number of carbonyl (C=O) groups excluding carboxylic acids is 1. The van der Waals surface area contributed by atoms with Crippen LogP contribution in [0.3, 0.4) is 0 Å². The lowest BCUT2D eigenvalue weighted by molar-refractivity contribution is -0.146. The van der Waals surface area contributed by atoms with Crippen LogP contribution in [0.4, 0.5) is 0 Å². The number of aliphatic hydroxyl groups is 1. The van der Waals surface area contributed by atoms with E-state index in [1.807, 2.05) is 23.1 Å². The minimum Gasteiger partial charge on any atom is -0.492 e. The van der Waals surface area contributed by atoms with E-state index in [2.05, 4.69) is 17.9 Å². The van der Waals surface area contributed by atoms with Crippen molar-refractivity contribution in [1.29, 1.82) is 0 Å². The van der Waals surface area contributed by atoms with Crippen molar-refractivity contribution in [3.8, 4) is 5.75 Å². The summed E-state index contributed by atoms with van der Waals surface area (Å²) in [4.78, 5) is 17.0. The Balaban J connectivity index is 1.52. The molecule has 0 saturated carbocycles. The van der Waals surface area contributed by atoms with Gasteiger partial charge in [-0.05, 0) is 43.9 Å². The van der Waals surface area contributed by atoms with E-state index in [-0.39, 0.29) is 17.9 Å². The van der Waals surface area contributed by atoms with Crippen LogP contribution >= 0.6 is 0 Å². The Morgan fingerprint density at radius 2 is 2.04 bits per heavy atom. The quantitative estimate of drug-likeness (QED) is 0.820. The topological polar surface area (TPSA) is 53.0 Å². The number of benzene rings is 1. The van der Waals surface area contributed by atoms with Crippen molar-refractivity contribution in [3.63, 3.8) is 0 Å². The minimum atomic E-state index is -0.227. The molecular formula is C20H30N2O3. The zero-order valence-corrected chi connectivity index (χ0v) is 15.2. The first-order valence-electron chi connectivity index (χ1n) is 9.52. The van der Waals surface area contributed by atoms with E-state index in [0.29, 0.717) is 13.2 Å². The number of aryl methyl sites for hydroxylation is 1. The number of piperidine rings is 1. The smallest absolute Gasteiger partial charge is 0.230 e. The van der Waals surface area contributed by atoms with Crippen molar-refractivity contribution in [2.75, 3.05) is 45.9 Å². The number of β-amino-alcohol motifs (C(OH)–C–C–N with tert-alkyl or cyclic N) is 1. The Hall–Kier alpha value is -1.59. The molecule has 0 aromatic heterocycles. The second-order valence-electron chi connectivity index (χ2n) is 7.24. The number of hydrogen-bond donors (Lipinski definition) is 1. The highest BCUT2D eigenvalue weighted by Gasteiger charge is 2.47. The van der Waals surface area contributed by atoms with E-state index in [1.54, 1.807) is 0 Å². The predicted molar refractivity (Wildman–Crippen MR) is 97.7 cm³/mol. The summed E-state index contributed by atoms with van der Waals surface area (Å²) in [5.41, 5.74) is 1.01. The highest BCUT2D eigenvalue weighted by Crippen LogP contribution is 2.39. The van der Waals surface area contributed by atoms with E-state index in [0.717, 1.165) is 57.6 Å². The fourth-order valence-corrected chi connectivity index (χ4v) is 4.24. The van der Waals surface area contributed by atoms with Gasteiger partial charge in [0.2, 0.25) is 5.91 Å². The molecule has 1 aromatic carbocycles. The maximum atomic E-state index is 12.8. The van der Waals surface area contributed by atoms with Gasteiger partial charge in [0.25, 0.3) is 0 Å². The molecule has 1 atom stereocenters. The van der Waals surface area contributed by atoms with Crippen LogP contribution < -0.4 is 4.74 Å². The van der Waals surface area contributed by atoms with Crippen LogP contribution in [0, 0.1) is 5.41 Å². The van der Waals surface area contributed by atoms with E-state index in [9.17, 15) is 4.79 Å². The van der Waals surface area contributed by atoms with Crippen LogP contribution in [-0.4, -0.2) is 66.8 Å². The third-order valence-corrected chi connectivity index (χ3v) is 5.65. The van der Waals surface area contributed by atoms with Gasteiger partial charge in [0.15, 0.2) is 0 Å². The van der Waals surface area contributed by atoms with Crippen molar-refractivity contribution in [3.05, 3.63) is 29.8 Å². The van der Waals surface area contributed by atoms with Crippen LogP contribution in [0.1, 0.15) is 31.7 Å². The summed E-state index contributed by atoms with van der Waals surface area (Å²) in [6, 6.07) is 8.19. The normalized spacial score (nSPS) is 24.2. The van der Waals surface area contributed by atoms with Crippen LogP contribution in [-0.2, 0) is 11.2 Å². The highest BCUT2D eigenvalue weighted by molar-refractivity contribution is 5.84. The fourth-order valence-electron chi connectivity index (χ4n) is 4.24. The molecule has 0 aliphatic carbocycles. The molecule has 2 heterocycles. The van der Waals surface area contributed by atoms with Crippen molar-refractivity contribution < 1.29 is 14.6 Å². The predicted octanol–water partition coefficient (Wildman–Crippen LogP) is 1.93. The number of aliphatic hydroxyl groups excluding tert-OH is 1. The molecule has 138 valence electrons. The molecule has 0 radical (unpaired) electrons. The summed E-state index contributed by atoms with van der Waals surface area (Å²) in [5, 5.41) is 9.17. The average molecular weight is 346 g/mol. The summed E-state index contributed by atoms with van der Waals surface area (Å²) >= 11 is 0. The molecule has 1 N–H and O–H groups in total. The van der Waals surface area contributed by atoms with Gasteiger partial charge >= 0.3 is 0 Å². The molecule has 2 saturated heterocycles. The average Bonchev–Trinajstić information content (AvgIpc) is 3.04. The van der Waals surface area contributed by atoms with Gasteiger partial charge < -0.3 is 14.7 Å². The highest BCUT2D eigenvalue weighted by atomic mass is 16.5. The standard InChI is InChI=1S/C20H30N2O3/c1-2-17-6-3-4-7-18(17)25-15-13-21-11-9-20(16-21)8-5-10-22(12-14-23)19(20)24/h3-4,6-7,23H,2,5,8-16H2,1H3/t20-/m0/s1. The summed E-state index contributed by atoms with van der Waals surface area (Å²) in [6.45, 7) is 6.74. The van der Waals surface area contributed by atoms with Gasteiger partial charge in [-0.1, -0.05) is 25.1 Å². The molecule has 1 aromatic rings. The van der Waals surface area contributed by atoms with E-state index in [4.69, 9.17) is 9.84 Å². The van der Waals surface area contributed by atoms with Crippen LogP contribution in [0.5, 0.6) is 5.75 Å². The molecule has 5 nitrogen and oxygen atoms in total. The molecule has 2 fully saturated rings. The molecule has 1 amide bonds. The number of amides is 1. The van der Waals surface area contributed by atoms with Crippen molar-refractivity contribution in [1.82, 2.24) is 9.80 Å². The Morgan fingerprint density at radius 1 is 1.20 bits per heavy atom. The number of ether oxygens (including phenoxy) is 1. The van der Waals surface area contributed by atoms with Crippen molar-refractivity contribution >= 4 is 5.91 Å². The molecule has 2 aliphatic rings. The molecule has 3 rings (SSSR count). The van der Waals surface area contributed by atoms with Gasteiger partial charge in [-0.15, -0.1) is 0 Å². The monoisotopic (exact) mass is 346 g/mol. The van der Waals surface area contributed by atoms with Gasteiger partial charge in [-0.2, -0.15) is 0 Å². The molecule has 25 heavy (non-hydrogen) atoms. The van der Waals surface area contributed by atoms with E-state index in [1.165, 1.54) is 5.56 Å². The lowest BCUT2D eigenvalue weighted by atomic mass is 9.78. The maximum absolute atomic E-state index is 12.8. The zero-order chi connectivity index (χ0) is 17.7. The third-order valence-electron chi connectivity index (χ3n) is 5.65. The summed E-state index contributed by atoms with van der Waals surface area (Å²) in [5.74, 6) is 1.22. The van der Waals surface area contributed by atoms with Crippen molar-refractivity contribution in [2.24, 2.45) is 5.41 Å². The molecule has 0 unspecified atom stereocenters. The first kappa shape index (κ1) is 18.2. The third kappa shape index (κ3) is 3.98. The van der Waals surface area contributed by atoms with Crippen LogP contribution in [0.25, 0.3) is 0 Å². The van der Waals surface area contributed by atoms with Gasteiger partial charge in [0, 0.05) is 26.2 Å². The molecule has 5 heteroatoms. The Morgan fingerprint density at radius 3 is 2.84 bits per heavy atom. The largest absolute Gasteiger partial charge is 0.492 e. The molecule has 1 spiro atoms. The zero-order valence-electron chi connectivity index (χ0n) is 15.2. The number of nitrogens with zero attached hydrogens (tertiary/aromatic N) is 2. The summed E-state index contributed by atoms with van der Waals surface area (Å²) in [7, 11) is 0. The van der Waals surface area contributed by atoms with Gasteiger partial charge in [0.05, 0.1) is 12.0 Å². The first-order valence-corrected chi connectivity index (χ1v) is 9.52. The van der Waals surface area contributed by atoms with Crippen molar-refractivity contribution in [2.45, 2.75) is 32.6 Å². The Kier molecular flexibility index (Phi) is 5.97. The van der Waals surface area contributed by atoms with Gasteiger partial charge in [0.1, 0.15) is 12.4 Å². The molecule has 0 bridgehead atoms.